The molecule has 0 saturated carbocycles. The summed E-state index contributed by atoms with van der Waals surface area (Å²) in [6, 6.07) is 21.6. The lowest BCUT2D eigenvalue weighted by molar-refractivity contribution is -0.122. The average Bonchev–Trinajstić information content (AvgIpc) is 3.39. The molecule has 3 amide bonds. The molecular weight excluding hydrogens is 466 g/mol. The summed E-state index contributed by atoms with van der Waals surface area (Å²) in [6.07, 6.45) is 1.49. The summed E-state index contributed by atoms with van der Waals surface area (Å²) >= 11 is 0. The molecule has 7 nitrogen and oxygen atoms in total. The predicted molar refractivity (Wildman–Crippen MR) is 142 cm³/mol. The summed E-state index contributed by atoms with van der Waals surface area (Å²) in [5.41, 5.74) is 3.47. The van der Waals surface area contributed by atoms with Crippen molar-refractivity contribution in [1.82, 2.24) is 10.2 Å². The van der Waals surface area contributed by atoms with Crippen LogP contribution in [0.2, 0.25) is 0 Å². The number of anilines is 1. The number of fused-ring (bicyclic) bond motifs is 2. The van der Waals surface area contributed by atoms with Crippen LogP contribution in [0.1, 0.15) is 64.6 Å². The molecule has 0 spiro atoms. The van der Waals surface area contributed by atoms with Gasteiger partial charge in [-0.2, -0.15) is 0 Å². The van der Waals surface area contributed by atoms with E-state index < -0.39 is 6.04 Å². The monoisotopic (exact) mass is 497 g/mol. The molecule has 2 atom stereocenters. The second kappa shape index (κ2) is 10.5. The highest BCUT2D eigenvalue weighted by molar-refractivity contribution is 6.11. The van der Waals surface area contributed by atoms with Gasteiger partial charge in [0, 0.05) is 12.1 Å². The molecule has 5 rings (SSSR count). The van der Waals surface area contributed by atoms with Crippen LogP contribution in [0.15, 0.2) is 72.8 Å². The quantitative estimate of drug-likeness (QED) is 0.512. The number of amides is 3. The van der Waals surface area contributed by atoms with Crippen LogP contribution in [0.5, 0.6) is 5.75 Å². The van der Waals surface area contributed by atoms with Crippen molar-refractivity contribution in [1.29, 1.82) is 0 Å². The molecule has 2 aliphatic rings. The van der Waals surface area contributed by atoms with Gasteiger partial charge < -0.3 is 19.9 Å². The van der Waals surface area contributed by atoms with E-state index in [1.54, 1.807) is 21.9 Å². The zero-order valence-electron chi connectivity index (χ0n) is 21.1. The molecule has 0 radical (unpaired) electrons. The maximum absolute atomic E-state index is 13.6. The van der Waals surface area contributed by atoms with Crippen LogP contribution in [0.25, 0.3) is 0 Å². The van der Waals surface area contributed by atoms with E-state index in [0.29, 0.717) is 36.4 Å². The minimum atomic E-state index is -0.443. The summed E-state index contributed by atoms with van der Waals surface area (Å²) in [6.45, 7) is 5.36. The van der Waals surface area contributed by atoms with Crippen LogP contribution in [-0.2, 0) is 11.3 Å². The molecule has 3 aromatic rings. The SMILES string of the molecule is CCOc1ccc([C@H](C)NC(=O)c2cccc(CN3C(=O)[C@@H]4CCCN4C(=O)c4ccccc43)c2)cc1. The fraction of sp³-hybridized carbons (Fsp3) is 0.300. The molecule has 1 fully saturated rings. The molecule has 0 bridgehead atoms. The first-order chi connectivity index (χ1) is 18.0. The summed E-state index contributed by atoms with van der Waals surface area (Å²) in [7, 11) is 0. The number of ether oxygens (including phenoxy) is 1. The Balaban J connectivity index is 1.35. The first-order valence-electron chi connectivity index (χ1n) is 12.8. The van der Waals surface area contributed by atoms with E-state index in [1.165, 1.54) is 0 Å². The van der Waals surface area contributed by atoms with Crippen molar-refractivity contribution >= 4 is 23.4 Å². The van der Waals surface area contributed by atoms with Crippen molar-refractivity contribution in [3.8, 4) is 5.75 Å². The molecule has 0 unspecified atom stereocenters. The number of rotatable bonds is 7. The lowest BCUT2D eigenvalue weighted by Crippen LogP contribution is -2.44. The van der Waals surface area contributed by atoms with Gasteiger partial charge in [0.15, 0.2) is 0 Å². The highest BCUT2D eigenvalue weighted by Gasteiger charge is 2.41. The standard InChI is InChI=1S/C30H31N3O4/c1-3-37-24-15-13-22(14-16-24)20(2)31-28(34)23-9-6-8-21(18-23)19-33-26-11-5-4-10-25(26)29(35)32-17-7-12-27(32)30(33)36/h4-6,8-11,13-16,18,20,27H,3,7,12,17,19H2,1-2H3,(H,31,34)/t20-,27-/m0/s1. The number of nitrogens with one attached hydrogen (secondary N) is 1. The van der Waals surface area contributed by atoms with E-state index in [0.717, 1.165) is 23.3 Å². The van der Waals surface area contributed by atoms with Crippen LogP contribution in [-0.4, -0.2) is 41.8 Å². The minimum absolute atomic E-state index is 0.0743. The third-order valence-electron chi connectivity index (χ3n) is 7.06. The first-order valence-corrected chi connectivity index (χ1v) is 12.8. The van der Waals surface area contributed by atoms with Gasteiger partial charge in [-0.3, -0.25) is 14.4 Å². The number of para-hydroxylation sites is 1. The van der Waals surface area contributed by atoms with Gasteiger partial charge >= 0.3 is 0 Å². The molecule has 1 N–H and O–H groups in total. The Bertz CT molecular complexity index is 1320. The second-order valence-electron chi connectivity index (χ2n) is 9.50. The Morgan fingerprint density at radius 1 is 1.05 bits per heavy atom. The van der Waals surface area contributed by atoms with Gasteiger partial charge in [-0.15, -0.1) is 0 Å². The third-order valence-corrected chi connectivity index (χ3v) is 7.06. The molecule has 190 valence electrons. The van der Waals surface area contributed by atoms with E-state index >= 15 is 0 Å². The van der Waals surface area contributed by atoms with E-state index in [-0.39, 0.29) is 30.3 Å². The highest BCUT2D eigenvalue weighted by atomic mass is 16.5. The number of hydrogen-bond acceptors (Lipinski definition) is 4. The molecule has 0 aromatic heterocycles. The van der Waals surface area contributed by atoms with Crippen molar-refractivity contribution in [2.24, 2.45) is 0 Å². The first kappa shape index (κ1) is 24.6. The highest BCUT2D eigenvalue weighted by Crippen LogP contribution is 2.33. The maximum atomic E-state index is 13.6. The molecule has 37 heavy (non-hydrogen) atoms. The van der Waals surface area contributed by atoms with Gasteiger partial charge in [-0.1, -0.05) is 36.4 Å². The van der Waals surface area contributed by atoms with Gasteiger partial charge in [0.1, 0.15) is 11.8 Å². The fourth-order valence-electron chi connectivity index (χ4n) is 5.15. The molecule has 7 heteroatoms. The number of carbonyl (C=O) groups excluding carboxylic acids is 3. The van der Waals surface area contributed by atoms with Crippen molar-refractivity contribution in [3.05, 3.63) is 95.1 Å². The van der Waals surface area contributed by atoms with Gasteiger partial charge in [-0.25, -0.2) is 0 Å². The van der Waals surface area contributed by atoms with Crippen molar-refractivity contribution in [2.75, 3.05) is 18.1 Å². The summed E-state index contributed by atoms with van der Waals surface area (Å²) in [4.78, 5) is 43.2. The van der Waals surface area contributed by atoms with E-state index in [4.69, 9.17) is 4.74 Å². The maximum Gasteiger partial charge on any atom is 0.256 e. The lowest BCUT2D eigenvalue weighted by Gasteiger charge is -2.26. The van der Waals surface area contributed by atoms with E-state index in [1.807, 2.05) is 74.5 Å². The normalized spacial score (nSPS) is 17.6. The minimum Gasteiger partial charge on any atom is -0.494 e. The Labute approximate surface area is 217 Å². The Hall–Kier alpha value is -4.13. The van der Waals surface area contributed by atoms with Crippen molar-refractivity contribution in [3.63, 3.8) is 0 Å². The summed E-state index contributed by atoms with van der Waals surface area (Å²) in [5.74, 6) is 0.438. The average molecular weight is 498 g/mol. The van der Waals surface area contributed by atoms with Gasteiger partial charge in [-0.05, 0) is 74.2 Å². The van der Waals surface area contributed by atoms with Crippen LogP contribution >= 0.6 is 0 Å². The van der Waals surface area contributed by atoms with Crippen LogP contribution in [0, 0.1) is 0 Å². The van der Waals surface area contributed by atoms with Crippen LogP contribution in [0.4, 0.5) is 5.69 Å². The summed E-state index contributed by atoms with van der Waals surface area (Å²) in [5, 5.41) is 3.05. The fourth-order valence-corrected chi connectivity index (χ4v) is 5.15. The Morgan fingerprint density at radius 2 is 1.84 bits per heavy atom. The van der Waals surface area contributed by atoms with Gasteiger partial charge in [0.25, 0.3) is 11.8 Å². The summed E-state index contributed by atoms with van der Waals surface area (Å²) < 4.78 is 5.50. The molecule has 2 heterocycles. The predicted octanol–water partition coefficient (Wildman–Crippen LogP) is 4.73. The van der Waals surface area contributed by atoms with E-state index in [2.05, 4.69) is 5.32 Å². The Kier molecular flexibility index (Phi) is 6.95. The van der Waals surface area contributed by atoms with Gasteiger partial charge in [0.05, 0.1) is 30.4 Å². The van der Waals surface area contributed by atoms with E-state index in [9.17, 15) is 14.4 Å². The van der Waals surface area contributed by atoms with Crippen LogP contribution < -0.4 is 15.0 Å². The lowest BCUT2D eigenvalue weighted by atomic mass is 10.1. The number of hydrogen-bond donors (Lipinski definition) is 1. The van der Waals surface area contributed by atoms with Gasteiger partial charge in [0.2, 0.25) is 5.91 Å². The third kappa shape index (κ3) is 4.94. The van der Waals surface area contributed by atoms with Crippen LogP contribution in [0.3, 0.4) is 0 Å². The smallest absolute Gasteiger partial charge is 0.256 e. The molecular formula is C30H31N3O4. The molecule has 3 aromatic carbocycles. The Morgan fingerprint density at radius 3 is 2.62 bits per heavy atom. The topological polar surface area (TPSA) is 79.0 Å². The largest absolute Gasteiger partial charge is 0.494 e. The molecule has 0 aliphatic carbocycles. The zero-order valence-corrected chi connectivity index (χ0v) is 21.1. The second-order valence-corrected chi connectivity index (χ2v) is 9.50. The zero-order chi connectivity index (χ0) is 25.9. The van der Waals surface area contributed by atoms with Crippen molar-refractivity contribution in [2.45, 2.75) is 45.3 Å². The molecule has 2 aliphatic heterocycles. The molecule has 1 saturated heterocycles. The number of carbonyl (C=O) groups is 3. The number of benzene rings is 3. The van der Waals surface area contributed by atoms with Crippen molar-refractivity contribution < 1.29 is 19.1 Å². The number of nitrogens with zero attached hydrogens (tertiary/aromatic N) is 2.